The number of hydrogen-bond acceptors (Lipinski definition) is 7. The summed E-state index contributed by atoms with van der Waals surface area (Å²) in [5, 5.41) is 27.1. The molecule has 0 bridgehead atoms. The Kier molecular flexibility index (Phi) is 13.8. The van der Waals surface area contributed by atoms with Gasteiger partial charge < -0.3 is 31.1 Å². The van der Waals surface area contributed by atoms with Crippen LogP contribution in [0.5, 0.6) is 5.75 Å². The number of carboxylic acids is 2. The Morgan fingerprint density at radius 3 is 2.13 bits per heavy atom. The van der Waals surface area contributed by atoms with E-state index in [1.54, 1.807) is 0 Å². The molecule has 1 saturated heterocycles. The van der Waals surface area contributed by atoms with Gasteiger partial charge in [0.25, 0.3) is 11.9 Å². The highest BCUT2D eigenvalue weighted by atomic mass is 16.5. The second kappa shape index (κ2) is 15.2. The molecule has 10 nitrogen and oxygen atoms in total. The molecule has 1 aromatic rings. The summed E-state index contributed by atoms with van der Waals surface area (Å²) in [6.07, 6.45) is 1.14. The lowest BCUT2D eigenvalue weighted by molar-refractivity contribution is -0.135. The maximum absolute atomic E-state index is 12.1. The van der Waals surface area contributed by atoms with Crippen molar-refractivity contribution in [3.63, 3.8) is 0 Å². The first kappa shape index (κ1) is 27.3. The van der Waals surface area contributed by atoms with E-state index in [0.717, 1.165) is 38.1 Å². The molecular formula is C20H33N3O7. The predicted molar refractivity (Wildman–Crippen MR) is 111 cm³/mol. The third kappa shape index (κ3) is 13.5. The number of carbonyl (C=O) groups excluding carboxylic acids is 1. The quantitative estimate of drug-likeness (QED) is 0.401. The zero-order valence-electron chi connectivity index (χ0n) is 17.7. The average molecular weight is 427 g/mol. The van der Waals surface area contributed by atoms with Gasteiger partial charge in [-0.1, -0.05) is 12.1 Å². The molecule has 2 atom stereocenters. The normalized spacial score (nSPS) is 17.6. The van der Waals surface area contributed by atoms with Crippen molar-refractivity contribution in [1.29, 1.82) is 0 Å². The Bertz CT molecular complexity index is 632. The van der Waals surface area contributed by atoms with E-state index in [1.807, 2.05) is 31.3 Å². The standard InChI is InChI=1S/C16H25N3O3.2C2H4O2/c1-19-10-13(9-14(19)11-20)18-16(21)8-12-2-4-15(5-3-12)22-7-6-17;2*1-2(3)4/h2-5,13-14,20H,6-11,17H2,1H3,(H,18,21);2*1H3,(H,3,4)/t13-,14+;;/m1../s1. The molecule has 10 heteroatoms. The summed E-state index contributed by atoms with van der Waals surface area (Å²) in [6.45, 7) is 4.05. The second-order valence-corrected chi connectivity index (χ2v) is 6.77. The molecule has 1 aromatic carbocycles. The zero-order valence-corrected chi connectivity index (χ0v) is 17.7. The SMILES string of the molecule is CC(=O)O.CC(=O)O.CN1C[C@H](NC(=O)Cc2ccc(OCCN)cc2)C[C@H]1CO. The van der Waals surface area contributed by atoms with Crippen molar-refractivity contribution in [2.24, 2.45) is 5.73 Å². The number of nitrogens with zero attached hydrogens (tertiary/aromatic N) is 1. The number of ether oxygens (including phenoxy) is 1. The molecule has 0 spiro atoms. The smallest absolute Gasteiger partial charge is 0.300 e. The summed E-state index contributed by atoms with van der Waals surface area (Å²) in [6, 6.07) is 7.74. The number of carbonyl (C=O) groups is 3. The van der Waals surface area contributed by atoms with Crippen LogP contribution in [0.3, 0.4) is 0 Å². The number of amides is 1. The first-order chi connectivity index (χ1) is 14.1. The minimum absolute atomic E-state index is 0.00705. The van der Waals surface area contributed by atoms with Crippen molar-refractivity contribution in [1.82, 2.24) is 10.2 Å². The molecule has 1 aliphatic heterocycles. The van der Waals surface area contributed by atoms with Crippen LogP contribution in [-0.4, -0.2) is 83.5 Å². The lowest BCUT2D eigenvalue weighted by atomic mass is 10.1. The molecule has 0 saturated carbocycles. The molecule has 1 aliphatic rings. The first-order valence-corrected chi connectivity index (χ1v) is 9.50. The van der Waals surface area contributed by atoms with Crippen LogP contribution in [0.15, 0.2) is 24.3 Å². The Balaban J connectivity index is 0.000000901. The minimum atomic E-state index is -0.833. The van der Waals surface area contributed by atoms with Crippen LogP contribution in [0.2, 0.25) is 0 Å². The topological polar surface area (TPSA) is 162 Å². The van der Waals surface area contributed by atoms with Gasteiger partial charge in [0, 0.05) is 39.0 Å². The highest BCUT2D eigenvalue weighted by molar-refractivity contribution is 5.79. The number of hydrogen-bond donors (Lipinski definition) is 5. The Labute approximate surface area is 176 Å². The third-order valence-electron chi connectivity index (χ3n) is 3.94. The molecular weight excluding hydrogens is 394 g/mol. The summed E-state index contributed by atoms with van der Waals surface area (Å²) in [7, 11) is 1.97. The Hall–Kier alpha value is -2.69. The second-order valence-electron chi connectivity index (χ2n) is 6.77. The predicted octanol–water partition coefficient (Wildman–Crippen LogP) is -0.0704. The molecule has 0 aliphatic carbocycles. The summed E-state index contributed by atoms with van der Waals surface area (Å²) in [5.41, 5.74) is 6.33. The van der Waals surface area contributed by atoms with Gasteiger partial charge >= 0.3 is 0 Å². The van der Waals surface area contributed by atoms with E-state index >= 15 is 0 Å². The van der Waals surface area contributed by atoms with Gasteiger partial charge in [-0.2, -0.15) is 0 Å². The van der Waals surface area contributed by atoms with Gasteiger partial charge in [-0.05, 0) is 31.2 Å². The van der Waals surface area contributed by atoms with Gasteiger partial charge in [-0.25, -0.2) is 0 Å². The molecule has 1 heterocycles. The van der Waals surface area contributed by atoms with Crippen LogP contribution < -0.4 is 15.8 Å². The fraction of sp³-hybridized carbons (Fsp3) is 0.550. The van der Waals surface area contributed by atoms with E-state index < -0.39 is 11.9 Å². The van der Waals surface area contributed by atoms with Crippen LogP contribution in [0, 0.1) is 0 Å². The van der Waals surface area contributed by atoms with E-state index in [9.17, 15) is 9.90 Å². The van der Waals surface area contributed by atoms with Gasteiger partial charge in [0.2, 0.25) is 5.91 Å². The highest BCUT2D eigenvalue weighted by Gasteiger charge is 2.29. The zero-order chi connectivity index (χ0) is 23.1. The van der Waals surface area contributed by atoms with Gasteiger partial charge in [0.15, 0.2) is 0 Å². The van der Waals surface area contributed by atoms with Crippen molar-refractivity contribution in [2.75, 3.05) is 33.4 Å². The number of likely N-dealkylation sites (tertiary alicyclic amines) is 1. The summed E-state index contributed by atoms with van der Waals surface area (Å²) in [5.74, 6) is -0.898. The van der Waals surface area contributed by atoms with Crippen LogP contribution in [0.1, 0.15) is 25.8 Å². The van der Waals surface area contributed by atoms with Crippen molar-refractivity contribution in [3.8, 4) is 5.75 Å². The van der Waals surface area contributed by atoms with Crippen molar-refractivity contribution in [3.05, 3.63) is 29.8 Å². The number of likely N-dealkylation sites (N-methyl/N-ethyl adjacent to an activating group) is 1. The van der Waals surface area contributed by atoms with E-state index in [2.05, 4.69) is 10.2 Å². The summed E-state index contributed by atoms with van der Waals surface area (Å²) < 4.78 is 5.40. The lowest BCUT2D eigenvalue weighted by Crippen LogP contribution is -2.37. The number of aliphatic carboxylic acids is 2. The van der Waals surface area contributed by atoms with E-state index in [0.29, 0.717) is 19.6 Å². The van der Waals surface area contributed by atoms with E-state index in [-0.39, 0.29) is 24.6 Å². The van der Waals surface area contributed by atoms with Crippen molar-refractivity contribution < 1.29 is 34.4 Å². The maximum atomic E-state index is 12.1. The number of nitrogens with two attached hydrogens (primary N) is 1. The van der Waals surface area contributed by atoms with Crippen LogP contribution in [0.4, 0.5) is 0 Å². The number of rotatable bonds is 7. The maximum Gasteiger partial charge on any atom is 0.300 e. The van der Waals surface area contributed by atoms with Crippen LogP contribution >= 0.6 is 0 Å². The molecule has 1 amide bonds. The largest absolute Gasteiger partial charge is 0.492 e. The number of benzene rings is 1. The van der Waals surface area contributed by atoms with Gasteiger partial charge in [-0.15, -0.1) is 0 Å². The molecule has 30 heavy (non-hydrogen) atoms. The van der Waals surface area contributed by atoms with Gasteiger partial charge in [0.1, 0.15) is 12.4 Å². The summed E-state index contributed by atoms with van der Waals surface area (Å²) in [4.78, 5) is 32.2. The highest BCUT2D eigenvalue weighted by Crippen LogP contribution is 2.16. The van der Waals surface area contributed by atoms with Crippen molar-refractivity contribution in [2.45, 2.75) is 38.8 Å². The van der Waals surface area contributed by atoms with Crippen molar-refractivity contribution >= 4 is 17.8 Å². The molecule has 6 N–H and O–H groups in total. The van der Waals surface area contributed by atoms with Crippen LogP contribution in [-0.2, 0) is 20.8 Å². The minimum Gasteiger partial charge on any atom is -0.492 e. The van der Waals surface area contributed by atoms with E-state index in [1.165, 1.54) is 0 Å². The number of carboxylic acid groups (broad SMARTS) is 2. The molecule has 0 aromatic heterocycles. The first-order valence-electron chi connectivity index (χ1n) is 9.50. The fourth-order valence-corrected chi connectivity index (χ4v) is 2.74. The molecule has 1 fully saturated rings. The number of aliphatic hydroxyl groups excluding tert-OH is 1. The monoisotopic (exact) mass is 427 g/mol. The Morgan fingerprint density at radius 1 is 1.17 bits per heavy atom. The molecule has 2 rings (SSSR count). The fourth-order valence-electron chi connectivity index (χ4n) is 2.74. The Morgan fingerprint density at radius 2 is 1.70 bits per heavy atom. The lowest BCUT2D eigenvalue weighted by Gasteiger charge is -2.15. The molecule has 170 valence electrons. The number of aliphatic hydroxyl groups is 1. The average Bonchev–Trinajstić information content (AvgIpc) is 2.99. The molecule has 0 unspecified atom stereocenters. The number of nitrogens with one attached hydrogen (secondary N) is 1. The van der Waals surface area contributed by atoms with Gasteiger partial charge in [0.05, 0.1) is 13.0 Å². The summed E-state index contributed by atoms with van der Waals surface area (Å²) >= 11 is 0. The van der Waals surface area contributed by atoms with Gasteiger partial charge in [-0.3, -0.25) is 19.3 Å². The van der Waals surface area contributed by atoms with E-state index in [4.69, 9.17) is 30.3 Å². The van der Waals surface area contributed by atoms with Crippen LogP contribution in [0.25, 0.3) is 0 Å². The third-order valence-corrected chi connectivity index (χ3v) is 3.94. The molecule has 0 radical (unpaired) electrons.